The van der Waals surface area contributed by atoms with Gasteiger partial charge in [0.25, 0.3) is 0 Å². The smallest absolute Gasteiger partial charge is 0.0917 e. The summed E-state index contributed by atoms with van der Waals surface area (Å²) in [6.45, 7) is 17.0. The number of nitrogens with two attached hydrogens (primary N) is 1. The van der Waals surface area contributed by atoms with Gasteiger partial charge in [-0.15, -0.1) is 0 Å². The van der Waals surface area contributed by atoms with Crippen LogP contribution in [0.2, 0.25) is 0 Å². The van der Waals surface area contributed by atoms with Crippen LogP contribution < -0.4 is 11.1 Å². The van der Waals surface area contributed by atoms with Crippen LogP contribution in [0, 0.1) is 0 Å². The maximum Gasteiger partial charge on any atom is 0.0917 e. The number of hydrogen-bond donors (Lipinski definition) is 2. The first-order valence-electron chi connectivity index (χ1n) is 6.18. The molecule has 3 heteroatoms. The predicted octanol–water partition coefficient (Wildman–Crippen LogP) is 2.28. The number of nitrogens with zero attached hydrogens (tertiary/aromatic N) is 1. The second-order valence-corrected chi connectivity index (χ2v) is 4.40. The maximum atomic E-state index is 5.78. The lowest BCUT2D eigenvalue weighted by Crippen LogP contribution is -2.37. The van der Waals surface area contributed by atoms with E-state index >= 15 is 0 Å². The van der Waals surface area contributed by atoms with Gasteiger partial charge in [0, 0.05) is 18.8 Å². The molecule has 1 rings (SSSR count). The molecule has 0 saturated carbocycles. The molecule has 0 aliphatic carbocycles. The van der Waals surface area contributed by atoms with Crippen LogP contribution in [-0.4, -0.2) is 24.0 Å². The number of hydrogen-bond acceptors (Lipinski definition) is 3. The van der Waals surface area contributed by atoms with Crippen molar-refractivity contribution in [2.24, 2.45) is 5.73 Å². The summed E-state index contributed by atoms with van der Waals surface area (Å²) in [5.41, 5.74) is 7.85. The summed E-state index contributed by atoms with van der Waals surface area (Å²) in [7, 11) is 0. The molecule has 0 aromatic rings. The van der Waals surface area contributed by atoms with E-state index in [4.69, 9.17) is 5.73 Å². The van der Waals surface area contributed by atoms with Gasteiger partial charge in [0.05, 0.1) is 11.9 Å². The van der Waals surface area contributed by atoms with Crippen molar-refractivity contribution in [1.29, 1.82) is 0 Å². The molecule has 0 spiro atoms. The Bertz CT molecular complexity index is 379. The van der Waals surface area contributed by atoms with E-state index in [0.29, 0.717) is 12.4 Å². The van der Waals surface area contributed by atoms with E-state index in [9.17, 15) is 0 Å². The molecule has 1 aliphatic heterocycles. The highest BCUT2D eigenvalue weighted by atomic mass is 15.2. The van der Waals surface area contributed by atoms with Crippen LogP contribution in [0.5, 0.6) is 0 Å². The monoisotopic (exact) mass is 245 g/mol. The molecule has 1 aliphatic rings. The molecule has 1 unspecified atom stereocenters. The van der Waals surface area contributed by atoms with Gasteiger partial charge in [0.2, 0.25) is 0 Å². The van der Waals surface area contributed by atoms with Crippen molar-refractivity contribution in [3.63, 3.8) is 0 Å². The summed E-state index contributed by atoms with van der Waals surface area (Å²) in [5.74, 6) is 0.617. The van der Waals surface area contributed by atoms with Gasteiger partial charge in [-0.25, -0.2) is 0 Å². The van der Waals surface area contributed by atoms with Gasteiger partial charge in [0.1, 0.15) is 0 Å². The Balaban J connectivity index is 2.55. The average molecular weight is 245 g/mol. The minimum atomic E-state index is 0.247. The quantitative estimate of drug-likeness (QED) is 0.676. The first kappa shape index (κ1) is 14.2. The molecule has 1 saturated heterocycles. The normalized spacial score (nSPS) is 19.4. The zero-order valence-electron chi connectivity index (χ0n) is 11.0. The number of nitrogens with one attached hydrogen (secondary N) is 1. The van der Waals surface area contributed by atoms with Crippen molar-refractivity contribution in [2.75, 3.05) is 13.1 Å². The highest BCUT2D eigenvalue weighted by Gasteiger charge is 2.26. The molecule has 3 N–H and O–H groups in total. The van der Waals surface area contributed by atoms with E-state index < -0.39 is 0 Å². The number of allylic oxidation sites excluding steroid dienone is 2. The Morgan fingerprint density at radius 1 is 1.39 bits per heavy atom. The average Bonchev–Trinajstić information content (AvgIpc) is 2.83. The van der Waals surface area contributed by atoms with Gasteiger partial charge in [0.15, 0.2) is 0 Å². The summed E-state index contributed by atoms with van der Waals surface area (Å²) in [4.78, 5) is 2.10. The van der Waals surface area contributed by atoms with Gasteiger partial charge in [-0.1, -0.05) is 44.5 Å². The molecule has 0 aromatic heterocycles. The summed E-state index contributed by atoms with van der Waals surface area (Å²) >= 11 is 0. The molecule has 0 radical (unpaired) electrons. The van der Waals surface area contributed by atoms with Crippen LogP contribution >= 0.6 is 0 Å². The molecule has 0 amide bonds. The SMILES string of the molecule is C=C/C=C(\C=C)CNC(=C)C1CCCN1C(=C)N. The molecule has 3 nitrogen and oxygen atoms in total. The predicted molar refractivity (Wildman–Crippen MR) is 78.7 cm³/mol. The van der Waals surface area contributed by atoms with Crippen molar-refractivity contribution in [3.05, 3.63) is 61.6 Å². The third-order valence-electron chi connectivity index (χ3n) is 3.14. The van der Waals surface area contributed by atoms with Crippen LogP contribution in [-0.2, 0) is 0 Å². The molecule has 1 fully saturated rings. The van der Waals surface area contributed by atoms with Gasteiger partial charge in [-0.3, -0.25) is 0 Å². The maximum absolute atomic E-state index is 5.78. The van der Waals surface area contributed by atoms with Gasteiger partial charge >= 0.3 is 0 Å². The Morgan fingerprint density at radius 3 is 2.67 bits per heavy atom. The zero-order valence-corrected chi connectivity index (χ0v) is 11.0. The van der Waals surface area contributed by atoms with Crippen molar-refractivity contribution in [2.45, 2.75) is 18.9 Å². The third kappa shape index (κ3) is 3.55. The molecule has 1 atom stereocenters. The number of rotatable bonds is 7. The van der Waals surface area contributed by atoms with E-state index in [0.717, 1.165) is 30.7 Å². The van der Waals surface area contributed by atoms with Crippen LogP contribution in [0.25, 0.3) is 0 Å². The fourth-order valence-electron chi connectivity index (χ4n) is 2.16. The lowest BCUT2D eigenvalue weighted by atomic mass is 10.1. The highest BCUT2D eigenvalue weighted by Crippen LogP contribution is 2.23. The van der Waals surface area contributed by atoms with Gasteiger partial charge in [-0.2, -0.15) is 0 Å². The van der Waals surface area contributed by atoms with E-state index in [-0.39, 0.29) is 6.04 Å². The Morgan fingerprint density at radius 2 is 2.11 bits per heavy atom. The van der Waals surface area contributed by atoms with Crippen molar-refractivity contribution in [3.8, 4) is 0 Å². The molecule has 0 bridgehead atoms. The van der Waals surface area contributed by atoms with Crippen LogP contribution in [0.4, 0.5) is 0 Å². The van der Waals surface area contributed by atoms with E-state index in [1.807, 2.05) is 12.2 Å². The standard InChI is InChI=1S/C15H23N3/c1-5-8-14(6-2)11-17-12(3)15-9-7-10-18(15)13(4)16/h5-6,8,15,17H,1-4,7,9-11,16H2/b14-8+. The Kier molecular flexibility index (Phi) is 5.31. The summed E-state index contributed by atoms with van der Waals surface area (Å²) in [6, 6.07) is 0.247. The van der Waals surface area contributed by atoms with Crippen molar-refractivity contribution >= 4 is 0 Å². The van der Waals surface area contributed by atoms with Crippen molar-refractivity contribution in [1.82, 2.24) is 10.2 Å². The molecule has 0 aromatic carbocycles. The lowest BCUT2D eigenvalue weighted by molar-refractivity contribution is 0.342. The van der Waals surface area contributed by atoms with Crippen LogP contribution in [0.1, 0.15) is 12.8 Å². The first-order chi connectivity index (χ1) is 8.60. The topological polar surface area (TPSA) is 41.3 Å². The molecule has 1 heterocycles. The molecule has 98 valence electrons. The number of likely N-dealkylation sites (tertiary alicyclic amines) is 1. The van der Waals surface area contributed by atoms with Crippen molar-refractivity contribution < 1.29 is 0 Å². The lowest BCUT2D eigenvalue weighted by Gasteiger charge is -2.28. The first-order valence-corrected chi connectivity index (χ1v) is 6.18. The largest absolute Gasteiger partial charge is 0.386 e. The highest BCUT2D eigenvalue weighted by molar-refractivity contribution is 5.24. The summed E-state index contributed by atoms with van der Waals surface area (Å²) in [6.07, 6.45) is 7.69. The minimum absolute atomic E-state index is 0.247. The van der Waals surface area contributed by atoms with E-state index in [2.05, 4.69) is 36.5 Å². The van der Waals surface area contributed by atoms with Gasteiger partial charge in [-0.05, 0) is 18.4 Å². The van der Waals surface area contributed by atoms with Gasteiger partial charge < -0.3 is 16.0 Å². The third-order valence-corrected chi connectivity index (χ3v) is 3.14. The Labute approximate surface area is 110 Å². The zero-order chi connectivity index (χ0) is 13.5. The fourth-order valence-corrected chi connectivity index (χ4v) is 2.16. The summed E-state index contributed by atoms with van der Waals surface area (Å²) < 4.78 is 0. The summed E-state index contributed by atoms with van der Waals surface area (Å²) in [5, 5.41) is 3.33. The van der Waals surface area contributed by atoms with E-state index in [1.54, 1.807) is 6.08 Å². The molecule has 18 heavy (non-hydrogen) atoms. The molecular weight excluding hydrogens is 222 g/mol. The van der Waals surface area contributed by atoms with E-state index in [1.165, 1.54) is 0 Å². The molecular formula is C15H23N3. The van der Waals surface area contributed by atoms with Crippen LogP contribution in [0.15, 0.2) is 61.6 Å². The second kappa shape index (κ2) is 6.74. The van der Waals surface area contributed by atoms with Crippen LogP contribution in [0.3, 0.4) is 0 Å². The minimum Gasteiger partial charge on any atom is -0.386 e. The second-order valence-electron chi connectivity index (χ2n) is 4.40. The fraction of sp³-hybridized carbons (Fsp3) is 0.333. The Hall–Kier alpha value is -1.90.